The van der Waals surface area contributed by atoms with Crippen molar-refractivity contribution in [2.45, 2.75) is 0 Å². The van der Waals surface area contributed by atoms with E-state index in [1.807, 2.05) is 0 Å². The SMILES string of the molecule is O=C(NCCNc1ccccc1[N+](=O)[O-])c1ccc(Br)cc1F. The number of amides is 1. The Labute approximate surface area is 140 Å². The first kappa shape index (κ1) is 16.9. The first-order chi connectivity index (χ1) is 11.0. The molecule has 0 aromatic heterocycles. The lowest BCUT2D eigenvalue weighted by Crippen LogP contribution is -2.29. The van der Waals surface area contributed by atoms with E-state index in [2.05, 4.69) is 26.6 Å². The lowest BCUT2D eigenvalue weighted by atomic mass is 10.2. The maximum absolute atomic E-state index is 13.6. The summed E-state index contributed by atoms with van der Waals surface area (Å²) in [7, 11) is 0. The highest BCUT2D eigenvalue weighted by Gasteiger charge is 2.13. The van der Waals surface area contributed by atoms with Gasteiger partial charge in [-0.2, -0.15) is 0 Å². The Bertz CT molecular complexity index is 740. The standard InChI is InChI=1S/C15H13BrFN3O3/c16-10-5-6-11(12(17)9-10)15(21)19-8-7-18-13-3-1-2-4-14(13)20(22)23/h1-6,9,18H,7-8H2,(H,19,21). The molecule has 120 valence electrons. The molecule has 2 N–H and O–H groups in total. The van der Waals surface area contributed by atoms with Crippen LogP contribution in [0.5, 0.6) is 0 Å². The first-order valence-electron chi connectivity index (χ1n) is 6.69. The number of para-hydroxylation sites is 2. The molecule has 2 aromatic carbocycles. The molecule has 0 unspecified atom stereocenters. The van der Waals surface area contributed by atoms with Crippen molar-refractivity contribution in [1.29, 1.82) is 0 Å². The molecule has 0 heterocycles. The molecule has 23 heavy (non-hydrogen) atoms. The minimum Gasteiger partial charge on any atom is -0.378 e. The van der Waals surface area contributed by atoms with Crippen LogP contribution in [0.25, 0.3) is 0 Å². The topological polar surface area (TPSA) is 84.3 Å². The molecule has 0 aliphatic carbocycles. The van der Waals surface area contributed by atoms with E-state index in [0.717, 1.165) is 0 Å². The number of benzene rings is 2. The van der Waals surface area contributed by atoms with E-state index in [1.54, 1.807) is 24.3 Å². The Hall–Kier alpha value is -2.48. The lowest BCUT2D eigenvalue weighted by molar-refractivity contribution is -0.384. The van der Waals surface area contributed by atoms with Crippen molar-refractivity contribution in [2.24, 2.45) is 0 Å². The Kier molecular flexibility index (Phi) is 5.64. The van der Waals surface area contributed by atoms with Crippen molar-refractivity contribution in [2.75, 3.05) is 18.4 Å². The molecule has 2 aromatic rings. The molecule has 2 rings (SSSR count). The Balaban J connectivity index is 1.88. The summed E-state index contributed by atoms with van der Waals surface area (Å²) in [6.45, 7) is 0.467. The van der Waals surface area contributed by atoms with E-state index in [1.165, 1.54) is 18.2 Å². The summed E-state index contributed by atoms with van der Waals surface area (Å²) in [6, 6.07) is 10.4. The van der Waals surface area contributed by atoms with Gasteiger partial charge in [-0.3, -0.25) is 14.9 Å². The van der Waals surface area contributed by atoms with Crippen LogP contribution in [-0.2, 0) is 0 Å². The molecule has 0 radical (unpaired) electrons. The van der Waals surface area contributed by atoms with Gasteiger partial charge in [0.1, 0.15) is 11.5 Å². The fraction of sp³-hybridized carbons (Fsp3) is 0.133. The number of nitro groups is 1. The van der Waals surface area contributed by atoms with Crippen LogP contribution in [0.1, 0.15) is 10.4 Å². The molecule has 0 bridgehead atoms. The van der Waals surface area contributed by atoms with E-state index in [-0.39, 0.29) is 24.3 Å². The zero-order valence-electron chi connectivity index (χ0n) is 11.9. The molecule has 0 spiro atoms. The number of hydrogen-bond donors (Lipinski definition) is 2. The van der Waals surface area contributed by atoms with Crippen molar-refractivity contribution in [3.63, 3.8) is 0 Å². The highest BCUT2D eigenvalue weighted by Crippen LogP contribution is 2.22. The third-order valence-electron chi connectivity index (χ3n) is 3.00. The number of hydrogen-bond acceptors (Lipinski definition) is 4. The van der Waals surface area contributed by atoms with Gasteiger partial charge in [-0.1, -0.05) is 28.1 Å². The van der Waals surface area contributed by atoms with Crippen LogP contribution in [0.3, 0.4) is 0 Å². The van der Waals surface area contributed by atoms with Gasteiger partial charge in [0, 0.05) is 23.6 Å². The Morgan fingerprint density at radius 2 is 1.96 bits per heavy atom. The molecule has 0 aliphatic rings. The molecule has 0 aliphatic heterocycles. The molecule has 0 atom stereocenters. The number of carbonyl (C=O) groups excluding carboxylic acids is 1. The van der Waals surface area contributed by atoms with Gasteiger partial charge in [-0.25, -0.2) is 4.39 Å². The number of nitrogens with one attached hydrogen (secondary N) is 2. The van der Waals surface area contributed by atoms with Crippen LogP contribution in [0.4, 0.5) is 15.8 Å². The Morgan fingerprint density at radius 3 is 2.65 bits per heavy atom. The summed E-state index contributed by atoms with van der Waals surface area (Å²) in [6.07, 6.45) is 0. The molecule has 6 nitrogen and oxygen atoms in total. The predicted octanol–water partition coefficient (Wildman–Crippen LogP) is 3.34. The second kappa shape index (κ2) is 7.68. The normalized spacial score (nSPS) is 10.2. The molecule has 8 heteroatoms. The smallest absolute Gasteiger partial charge is 0.292 e. The zero-order chi connectivity index (χ0) is 16.8. The minimum atomic E-state index is -0.622. The van der Waals surface area contributed by atoms with Crippen molar-refractivity contribution in [3.8, 4) is 0 Å². The second-order valence-electron chi connectivity index (χ2n) is 4.58. The summed E-state index contributed by atoms with van der Waals surface area (Å²) in [5.41, 5.74) is 0.262. The van der Waals surface area contributed by atoms with Crippen LogP contribution in [0.15, 0.2) is 46.9 Å². The number of halogens is 2. The van der Waals surface area contributed by atoms with E-state index in [4.69, 9.17) is 0 Å². The Morgan fingerprint density at radius 1 is 1.22 bits per heavy atom. The number of nitro benzene ring substituents is 1. The maximum atomic E-state index is 13.6. The average molecular weight is 382 g/mol. The van der Waals surface area contributed by atoms with Gasteiger partial charge in [-0.15, -0.1) is 0 Å². The largest absolute Gasteiger partial charge is 0.378 e. The number of rotatable bonds is 6. The molecular formula is C15H13BrFN3O3. The van der Waals surface area contributed by atoms with Gasteiger partial charge >= 0.3 is 0 Å². The lowest BCUT2D eigenvalue weighted by Gasteiger charge is -2.09. The predicted molar refractivity (Wildman–Crippen MR) is 88.0 cm³/mol. The number of nitrogens with zero attached hydrogens (tertiary/aromatic N) is 1. The van der Waals surface area contributed by atoms with E-state index in [9.17, 15) is 19.3 Å². The summed E-state index contributed by atoms with van der Waals surface area (Å²) < 4.78 is 14.2. The second-order valence-corrected chi connectivity index (χ2v) is 5.50. The van der Waals surface area contributed by atoms with Gasteiger partial charge in [0.2, 0.25) is 0 Å². The van der Waals surface area contributed by atoms with Crippen molar-refractivity contribution >= 4 is 33.2 Å². The van der Waals surface area contributed by atoms with Gasteiger partial charge in [0.25, 0.3) is 11.6 Å². The van der Waals surface area contributed by atoms with Crippen LogP contribution in [0, 0.1) is 15.9 Å². The molecule has 1 amide bonds. The van der Waals surface area contributed by atoms with Gasteiger partial charge < -0.3 is 10.6 Å². The highest BCUT2D eigenvalue weighted by atomic mass is 79.9. The van der Waals surface area contributed by atoms with E-state index in [0.29, 0.717) is 10.2 Å². The highest BCUT2D eigenvalue weighted by molar-refractivity contribution is 9.10. The average Bonchev–Trinajstić information content (AvgIpc) is 2.51. The molecular weight excluding hydrogens is 369 g/mol. The van der Waals surface area contributed by atoms with Crippen LogP contribution < -0.4 is 10.6 Å². The van der Waals surface area contributed by atoms with Crippen LogP contribution in [-0.4, -0.2) is 23.9 Å². The molecule has 0 fully saturated rings. The summed E-state index contributed by atoms with van der Waals surface area (Å²) in [5.74, 6) is -1.16. The van der Waals surface area contributed by atoms with Crippen molar-refractivity contribution in [1.82, 2.24) is 5.32 Å². The van der Waals surface area contributed by atoms with E-state index < -0.39 is 16.6 Å². The van der Waals surface area contributed by atoms with Crippen molar-refractivity contribution < 1.29 is 14.1 Å². The third kappa shape index (κ3) is 4.49. The fourth-order valence-corrected chi connectivity index (χ4v) is 2.26. The summed E-state index contributed by atoms with van der Waals surface area (Å²) in [5, 5.41) is 16.3. The quantitative estimate of drug-likeness (QED) is 0.456. The van der Waals surface area contributed by atoms with Gasteiger partial charge in [0.15, 0.2) is 0 Å². The van der Waals surface area contributed by atoms with Gasteiger partial charge in [-0.05, 0) is 24.3 Å². The first-order valence-corrected chi connectivity index (χ1v) is 7.49. The van der Waals surface area contributed by atoms with Crippen LogP contribution >= 0.6 is 15.9 Å². The van der Waals surface area contributed by atoms with Crippen molar-refractivity contribution in [3.05, 3.63) is 68.4 Å². The third-order valence-corrected chi connectivity index (χ3v) is 3.50. The monoisotopic (exact) mass is 381 g/mol. The van der Waals surface area contributed by atoms with Crippen LogP contribution in [0.2, 0.25) is 0 Å². The maximum Gasteiger partial charge on any atom is 0.292 e. The molecule has 0 saturated carbocycles. The molecule has 0 saturated heterocycles. The van der Waals surface area contributed by atoms with E-state index >= 15 is 0 Å². The number of carbonyl (C=O) groups is 1. The zero-order valence-corrected chi connectivity index (χ0v) is 13.5. The summed E-state index contributed by atoms with van der Waals surface area (Å²) in [4.78, 5) is 22.2. The minimum absolute atomic E-state index is 0.0437. The van der Waals surface area contributed by atoms with Gasteiger partial charge in [0.05, 0.1) is 10.5 Å². The number of anilines is 1. The fourth-order valence-electron chi connectivity index (χ4n) is 1.92. The summed E-state index contributed by atoms with van der Waals surface area (Å²) >= 11 is 3.12.